The second-order valence-corrected chi connectivity index (χ2v) is 5.97. The summed E-state index contributed by atoms with van der Waals surface area (Å²) in [5, 5.41) is 4.02. The number of benzene rings is 2. The Labute approximate surface area is 147 Å². The van der Waals surface area contributed by atoms with Crippen molar-refractivity contribution in [2.75, 3.05) is 12.4 Å². The van der Waals surface area contributed by atoms with Gasteiger partial charge >= 0.3 is 0 Å². The molecule has 0 unspecified atom stereocenters. The Bertz CT molecular complexity index is 873. The van der Waals surface area contributed by atoms with Crippen molar-refractivity contribution in [3.63, 3.8) is 0 Å². The van der Waals surface area contributed by atoms with E-state index < -0.39 is 0 Å². The van der Waals surface area contributed by atoms with Crippen LogP contribution in [0.3, 0.4) is 0 Å². The fraction of sp³-hybridized carbons (Fsp3) is 0.238. The van der Waals surface area contributed by atoms with Crippen LogP contribution in [-0.2, 0) is 6.42 Å². The molecule has 0 radical (unpaired) electrons. The number of amides is 1. The first-order valence-electron chi connectivity index (χ1n) is 8.55. The highest BCUT2D eigenvalue weighted by Gasteiger charge is 2.12. The van der Waals surface area contributed by atoms with Gasteiger partial charge in [-0.15, -0.1) is 0 Å². The molecule has 0 aliphatic heterocycles. The number of aryl methyl sites for hydroxylation is 1. The fourth-order valence-electron chi connectivity index (χ4n) is 2.81. The summed E-state index contributed by atoms with van der Waals surface area (Å²) in [6.07, 6.45) is 3.15. The lowest BCUT2D eigenvalue weighted by Crippen LogP contribution is -2.14. The van der Waals surface area contributed by atoms with Gasteiger partial charge in [0, 0.05) is 11.1 Å². The van der Waals surface area contributed by atoms with Gasteiger partial charge in [-0.2, -0.15) is 0 Å². The standard InChI is InChI=1S/C21H22N2O2/c1-3-4-7-15-14-20(23-19-9-6-5-8-18(15)19)21(24)22-16-10-12-17(25-2)13-11-16/h5-6,8-14H,3-4,7H2,1-2H3,(H,22,24). The third kappa shape index (κ3) is 3.97. The van der Waals surface area contributed by atoms with Gasteiger partial charge in [-0.3, -0.25) is 4.79 Å². The van der Waals surface area contributed by atoms with Crippen LogP contribution in [0.4, 0.5) is 5.69 Å². The molecule has 1 N–H and O–H groups in total. The first-order chi connectivity index (χ1) is 12.2. The molecule has 4 nitrogen and oxygen atoms in total. The van der Waals surface area contributed by atoms with E-state index in [9.17, 15) is 4.79 Å². The number of carbonyl (C=O) groups excluding carboxylic acids is 1. The largest absolute Gasteiger partial charge is 0.497 e. The van der Waals surface area contributed by atoms with Crippen molar-refractivity contribution in [1.82, 2.24) is 4.98 Å². The van der Waals surface area contributed by atoms with Crippen LogP contribution in [0.5, 0.6) is 5.75 Å². The van der Waals surface area contributed by atoms with Gasteiger partial charge in [-0.1, -0.05) is 31.5 Å². The van der Waals surface area contributed by atoms with E-state index in [1.54, 1.807) is 7.11 Å². The normalized spacial score (nSPS) is 10.6. The molecule has 25 heavy (non-hydrogen) atoms. The Morgan fingerprint density at radius 1 is 1.12 bits per heavy atom. The van der Waals surface area contributed by atoms with E-state index >= 15 is 0 Å². The summed E-state index contributed by atoms with van der Waals surface area (Å²) in [6.45, 7) is 2.17. The third-order valence-electron chi connectivity index (χ3n) is 4.18. The van der Waals surface area contributed by atoms with Crippen LogP contribution in [0.15, 0.2) is 54.6 Å². The number of nitrogens with zero attached hydrogens (tertiary/aromatic N) is 1. The lowest BCUT2D eigenvalue weighted by Gasteiger charge is -2.10. The molecule has 3 aromatic rings. The molecule has 0 bridgehead atoms. The average molecular weight is 334 g/mol. The van der Waals surface area contributed by atoms with E-state index in [0.717, 1.165) is 41.6 Å². The molecule has 0 spiro atoms. The maximum absolute atomic E-state index is 12.6. The summed E-state index contributed by atoms with van der Waals surface area (Å²) < 4.78 is 5.14. The minimum Gasteiger partial charge on any atom is -0.497 e. The minimum atomic E-state index is -0.200. The number of fused-ring (bicyclic) bond motifs is 1. The topological polar surface area (TPSA) is 51.2 Å². The Morgan fingerprint density at radius 2 is 1.88 bits per heavy atom. The SMILES string of the molecule is CCCCc1cc(C(=O)Nc2ccc(OC)cc2)nc2ccccc12. The van der Waals surface area contributed by atoms with Crippen molar-refractivity contribution < 1.29 is 9.53 Å². The van der Waals surface area contributed by atoms with Gasteiger partial charge in [0.15, 0.2) is 0 Å². The van der Waals surface area contributed by atoms with Crippen LogP contribution >= 0.6 is 0 Å². The Hall–Kier alpha value is -2.88. The number of aromatic nitrogens is 1. The van der Waals surface area contributed by atoms with Gasteiger partial charge in [0.25, 0.3) is 5.91 Å². The zero-order valence-corrected chi connectivity index (χ0v) is 14.6. The maximum Gasteiger partial charge on any atom is 0.274 e. The summed E-state index contributed by atoms with van der Waals surface area (Å²) in [4.78, 5) is 17.2. The van der Waals surface area contributed by atoms with Gasteiger partial charge in [0.1, 0.15) is 11.4 Å². The van der Waals surface area contributed by atoms with Crippen molar-refractivity contribution in [3.8, 4) is 5.75 Å². The third-order valence-corrected chi connectivity index (χ3v) is 4.18. The average Bonchev–Trinajstić information content (AvgIpc) is 2.66. The lowest BCUT2D eigenvalue weighted by molar-refractivity contribution is 0.102. The monoisotopic (exact) mass is 334 g/mol. The van der Waals surface area contributed by atoms with Gasteiger partial charge in [-0.25, -0.2) is 4.98 Å². The number of para-hydroxylation sites is 1. The summed E-state index contributed by atoms with van der Waals surface area (Å²) >= 11 is 0. The Balaban J connectivity index is 1.89. The van der Waals surface area contributed by atoms with E-state index in [-0.39, 0.29) is 5.91 Å². The zero-order valence-electron chi connectivity index (χ0n) is 14.6. The molecule has 0 aliphatic rings. The second-order valence-electron chi connectivity index (χ2n) is 5.97. The summed E-state index contributed by atoms with van der Waals surface area (Å²) in [7, 11) is 1.62. The van der Waals surface area contributed by atoms with Gasteiger partial charge < -0.3 is 10.1 Å². The van der Waals surface area contributed by atoms with Gasteiger partial charge in [0.05, 0.1) is 12.6 Å². The minimum absolute atomic E-state index is 0.200. The number of rotatable bonds is 6. The van der Waals surface area contributed by atoms with Crippen LogP contribution in [0.2, 0.25) is 0 Å². The number of ether oxygens (including phenoxy) is 1. The number of hydrogen-bond donors (Lipinski definition) is 1. The highest BCUT2D eigenvalue weighted by Crippen LogP contribution is 2.21. The molecule has 1 aromatic heterocycles. The number of nitrogens with one attached hydrogen (secondary N) is 1. The van der Waals surface area contributed by atoms with Crippen molar-refractivity contribution in [2.45, 2.75) is 26.2 Å². The number of hydrogen-bond acceptors (Lipinski definition) is 3. The van der Waals surface area contributed by atoms with Gasteiger partial charge in [-0.05, 0) is 54.8 Å². The molecule has 1 heterocycles. The Kier molecular flexibility index (Phi) is 5.29. The highest BCUT2D eigenvalue weighted by atomic mass is 16.5. The van der Waals surface area contributed by atoms with Crippen LogP contribution in [0.25, 0.3) is 10.9 Å². The van der Waals surface area contributed by atoms with E-state index in [1.807, 2.05) is 48.5 Å². The number of pyridine rings is 1. The lowest BCUT2D eigenvalue weighted by atomic mass is 10.0. The van der Waals surface area contributed by atoms with E-state index in [0.29, 0.717) is 5.69 Å². The van der Waals surface area contributed by atoms with Crippen molar-refractivity contribution >= 4 is 22.5 Å². The van der Waals surface area contributed by atoms with Crippen LogP contribution < -0.4 is 10.1 Å². The molecular weight excluding hydrogens is 312 g/mol. The number of anilines is 1. The number of methoxy groups -OCH3 is 1. The first-order valence-corrected chi connectivity index (χ1v) is 8.55. The van der Waals surface area contributed by atoms with E-state index in [4.69, 9.17) is 4.74 Å². The fourth-order valence-corrected chi connectivity index (χ4v) is 2.81. The molecule has 0 atom stereocenters. The second kappa shape index (κ2) is 7.79. The van der Waals surface area contributed by atoms with Crippen molar-refractivity contribution in [3.05, 3.63) is 65.9 Å². The maximum atomic E-state index is 12.6. The molecule has 4 heteroatoms. The molecule has 128 valence electrons. The molecule has 0 saturated heterocycles. The Morgan fingerprint density at radius 3 is 2.60 bits per heavy atom. The molecule has 0 saturated carbocycles. The predicted molar refractivity (Wildman–Crippen MR) is 101 cm³/mol. The molecular formula is C21H22N2O2. The van der Waals surface area contributed by atoms with Crippen LogP contribution in [-0.4, -0.2) is 18.0 Å². The van der Waals surface area contributed by atoms with Crippen LogP contribution in [0, 0.1) is 0 Å². The van der Waals surface area contributed by atoms with Gasteiger partial charge in [0.2, 0.25) is 0 Å². The van der Waals surface area contributed by atoms with Crippen molar-refractivity contribution in [1.29, 1.82) is 0 Å². The molecule has 3 rings (SSSR count). The predicted octanol–water partition coefficient (Wildman–Crippen LogP) is 4.84. The summed E-state index contributed by atoms with van der Waals surface area (Å²) in [6, 6.07) is 17.2. The van der Waals surface area contributed by atoms with E-state index in [2.05, 4.69) is 23.3 Å². The van der Waals surface area contributed by atoms with E-state index in [1.165, 1.54) is 5.56 Å². The summed E-state index contributed by atoms with van der Waals surface area (Å²) in [5.74, 6) is 0.553. The zero-order chi connectivity index (χ0) is 17.6. The number of carbonyl (C=O) groups is 1. The van der Waals surface area contributed by atoms with Crippen LogP contribution in [0.1, 0.15) is 35.8 Å². The summed E-state index contributed by atoms with van der Waals surface area (Å²) in [5.41, 5.74) is 3.19. The quantitative estimate of drug-likeness (QED) is 0.702. The molecule has 2 aromatic carbocycles. The molecule has 0 fully saturated rings. The first kappa shape index (κ1) is 17.0. The smallest absolute Gasteiger partial charge is 0.274 e. The van der Waals surface area contributed by atoms with Crippen molar-refractivity contribution in [2.24, 2.45) is 0 Å². The number of unbranched alkanes of at least 4 members (excludes halogenated alkanes) is 1. The molecule has 1 amide bonds. The highest BCUT2D eigenvalue weighted by molar-refractivity contribution is 6.04. The molecule has 0 aliphatic carbocycles.